The van der Waals surface area contributed by atoms with Crippen molar-refractivity contribution >= 4 is 11.7 Å². The molecule has 0 saturated carbocycles. The van der Waals surface area contributed by atoms with Crippen molar-refractivity contribution in [3.05, 3.63) is 24.5 Å². The molecule has 1 atom stereocenters. The van der Waals surface area contributed by atoms with Crippen LogP contribution in [0.15, 0.2) is 24.5 Å². The van der Waals surface area contributed by atoms with Gasteiger partial charge in [0.15, 0.2) is 11.5 Å². The molecule has 1 saturated heterocycles. The highest BCUT2D eigenvalue weighted by Gasteiger charge is 2.29. The van der Waals surface area contributed by atoms with Crippen LogP contribution < -0.4 is 29.0 Å². The third kappa shape index (κ3) is 4.53. The van der Waals surface area contributed by atoms with Gasteiger partial charge in [-0.1, -0.05) is 0 Å². The Hall–Kier alpha value is -3.43. The fourth-order valence-electron chi connectivity index (χ4n) is 3.06. The number of ether oxygens (including phenoxy) is 5. The lowest BCUT2D eigenvalue weighted by Gasteiger charge is -2.19. The van der Waals surface area contributed by atoms with Gasteiger partial charge < -0.3 is 33.9 Å². The van der Waals surface area contributed by atoms with Gasteiger partial charge in [0.2, 0.25) is 5.75 Å². The third-order valence-electron chi connectivity index (χ3n) is 4.45. The Kier molecular flexibility index (Phi) is 6.43. The Balaban J connectivity index is 1.65. The van der Waals surface area contributed by atoms with Crippen molar-refractivity contribution in [3.63, 3.8) is 0 Å². The summed E-state index contributed by atoms with van der Waals surface area (Å²) in [4.78, 5) is 22.5. The predicted molar refractivity (Wildman–Crippen MR) is 104 cm³/mol. The van der Waals surface area contributed by atoms with E-state index >= 15 is 0 Å². The Labute approximate surface area is 168 Å². The summed E-state index contributed by atoms with van der Waals surface area (Å²) >= 11 is 0. The van der Waals surface area contributed by atoms with Gasteiger partial charge in [0, 0.05) is 37.5 Å². The van der Waals surface area contributed by atoms with Crippen molar-refractivity contribution in [2.24, 2.45) is 0 Å². The number of carbonyl (C=O) groups excluding carboxylic acids is 1. The summed E-state index contributed by atoms with van der Waals surface area (Å²) in [5, 5.41) is 2.85. The third-order valence-corrected chi connectivity index (χ3v) is 4.45. The fraction of sp³-hybridized carbons (Fsp3) is 0.421. The number of methoxy groups -OCH3 is 4. The molecule has 0 radical (unpaired) electrons. The molecule has 1 N–H and O–H groups in total. The second kappa shape index (κ2) is 9.18. The predicted octanol–water partition coefficient (Wildman–Crippen LogP) is 2.20. The number of anilines is 1. The lowest BCUT2D eigenvalue weighted by Crippen LogP contribution is -2.34. The van der Waals surface area contributed by atoms with E-state index in [1.54, 1.807) is 17.0 Å². The van der Waals surface area contributed by atoms with Crippen molar-refractivity contribution in [3.8, 4) is 29.0 Å². The van der Waals surface area contributed by atoms with E-state index in [9.17, 15) is 4.79 Å². The molecule has 1 aromatic heterocycles. The quantitative estimate of drug-likeness (QED) is 0.749. The number of urea groups is 1. The minimum absolute atomic E-state index is 0.203. The van der Waals surface area contributed by atoms with Gasteiger partial charge in [0.1, 0.15) is 6.10 Å². The molecule has 0 bridgehead atoms. The van der Waals surface area contributed by atoms with Gasteiger partial charge in [-0.3, -0.25) is 0 Å². The van der Waals surface area contributed by atoms with Gasteiger partial charge in [-0.25, -0.2) is 14.8 Å². The van der Waals surface area contributed by atoms with Crippen LogP contribution in [0.3, 0.4) is 0 Å². The van der Waals surface area contributed by atoms with Crippen molar-refractivity contribution in [2.75, 3.05) is 46.8 Å². The molecule has 1 unspecified atom stereocenters. The number of rotatable bonds is 7. The molecule has 1 aromatic carbocycles. The van der Waals surface area contributed by atoms with Gasteiger partial charge in [-0.15, -0.1) is 0 Å². The summed E-state index contributed by atoms with van der Waals surface area (Å²) in [6.07, 6.45) is 3.52. The van der Waals surface area contributed by atoms with E-state index in [-0.39, 0.29) is 12.1 Å². The maximum absolute atomic E-state index is 12.7. The first-order valence-corrected chi connectivity index (χ1v) is 8.97. The maximum Gasteiger partial charge on any atom is 0.321 e. The average Bonchev–Trinajstić information content (AvgIpc) is 3.22. The highest BCUT2D eigenvalue weighted by atomic mass is 16.5. The van der Waals surface area contributed by atoms with Crippen molar-refractivity contribution < 1.29 is 28.5 Å². The summed E-state index contributed by atoms with van der Waals surface area (Å²) in [6, 6.07) is 3.10. The van der Waals surface area contributed by atoms with Crippen molar-refractivity contribution in [1.82, 2.24) is 14.9 Å². The number of aromatic nitrogens is 2. The van der Waals surface area contributed by atoms with Gasteiger partial charge in [0.05, 0.1) is 40.7 Å². The minimum atomic E-state index is -0.253. The van der Waals surface area contributed by atoms with Crippen LogP contribution in [0.25, 0.3) is 0 Å². The zero-order valence-electron chi connectivity index (χ0n) is 16.8. The minimum Gasteiger partial charge on any atom is -0.493 e. The van der Waals surface area contributed by atoms with E-state index < -0.39 is 0 Å². The molecule has 3 rings (SSSR count). The molecule has 1 fully saturated rings. The lowest BCUT2D eigenvalue weighted by atomic mass is 10.2. The first-order chi connectivity index (χ1) is 14.1. The lowest BCUT2D eigenvalue weighted by molar-refractivity contribution is 0.182. The highest BCUT2D eigenvalue weighted by Crippen LogP contribution is 2.40. The van der Waals surface area contributed by atoms with E-state index in [1.807, 2.05) is 0 Å². The molecule has 2 amide bonds. The Morgan fingerprint density at radius 3 is 2.24 bits per heavy atom. The molecule has 1 aliphatic heterocycles. The molecule has 29 heavy (non-hydrogen) atoms. The van der Waals surface area contributed by atoms with Gasteiger partial charge >= 0.3 is 6.03 Å². The van der Waals surface area contributed by atoms with E-state index in [4.69, 9.17) is 23.7 Å². The molecule has 10 nitrogen and oxygen atoms in total. The number of hydrogen-bond donors (Lipinski definition) is 1. The first-order valence-electron chi connectivity index (χ1n) is 8.97. The van der Waals surface area contributed by atoms with Gasteiger partial charge in [-0.2, -0.15) is 0 Å². The fourth-order valence-corrected chi connectivity index (χ4v) is 3.06. The number of carbonyl (C=O) groups is 1. The summed E-state index contributed by atoms with van der Waals surface area (Å²) < 4.78 is 26.9. The van der Waals surface area contributed by atoms with E-state index in [0.29, 0.717) is 54.2 Å². The van der Waals surface area contributed by atoms with Crippen LogP contribution in [0.4, 0.5) is 10.5 Å². The average molecular weight is 404 g/mol. The SMILES string of the molecule is COc1cc(NC(=O)N2CCC(Oc3nccnc3OC)C2)cc(OC)c1OC. The van der Waals surface area contributed by atoms with Crippen LogP contribution >= 0.6 is 0 Å². The highest BCUT2D eigenvalue weighted by molar-refractivity contribution is 5.90. The molecular weight excluding hydrogens is 380 g/mol. The zero-order valence-corrected chi connectivity index (χ0v) is 16.8. The van der Waals surface area contributed by atoms with E-state index in [1.165, 1.54) is 40.8 Å². The van der Waals surface area contributed by atoms with Crippen LogP contribution in [0, 0.1) is 0 Å². The van der Waals surface area contributed by atoms with Crippen molar-refractivity contribution in [1.29, 1.82) is 0 Å². The van der Waals surface area contributed by atoms with Crippen molar-refractivity contribution in [2.45, 2.75) is 12.5 Å². The van der Waals surface area contributed by atoms with Crippen LogP contribution in [0.1, 0.15) is 6.42 Å². The van der Waals surface area contributed by atoms with Crippen LogP contribution in [-0.4, -0.2) is 68.5 Å². The normalized spacial score (nSPS) is 15.6. The molecule has 1 aliphatic rings. The van der Waals surface area contributed by atoms with Crippen LogP contribution in [-0.2, 0) is 0 Å². The van der Waals surface area contributed by atoms with Crippen LogP contribution in [0.2, 0.25) is 0 Å². The largest absolute Gasteiger partial charge is 0.493 e. The van der Waals surface area contributed by atoms with E-state index in [2.05, 4.69) is 15.3 Å². The monoisotopic (exact) mass is 404 g/mol. The first kappa shape index (κ1) is 20.3. The number of nitrogens with one attached hydrogen (secondary N) is 1. The Morgan fingerprint density at radius 1 is 1.00 bits per heavy atom. The molecular formula is C19H24N4O6. The maximum atomic E-state index is 12.7. The molecule has 2 heterocycles. The van der Waals surface area contributed by atoms with Gasteiger partial charge in [0.25, 0.3) is 11.8 Å². The summed E-state index contributed by atoms with van der Waals surface area (Å²) in [6.45, 7) is 0.958. The number of amides is 2. The molecule has 2 aromatic rings. The molecule has 156 valence electrons. The smallest absolute Gasteiger partial charge is 0.321 e. The number of hydrogen-bond acceptors (Lipinski definition) is 8. The number of nitrogens with zero attached hydrogens (tertiary/aromatic N) is 3. The molecule has 10 heteroatoms. The van der Waals surface area contributed by atoms with Gasteiger partial charge in [-0.05, 0) is 0 Å². The summed E-state index contributed by atoms with van der Waals surface area (Å²) in [7, 11) is 6.07. The summed E-state index contributed by atoms with van der Waals surface area (Å²) in [5.74, 6) is 2.00. The molecule has 0 spiro atoms. The molecule has 0 aliphatic carbocycles. The van der Waals surface area contributed by atoms with Crippen LogP contribution in [0.5, 0.6) is 29.0 Å². The zero-order chi connectivity index (χ0) is 20.8. The Morgan fingerprint density at radius 2 is 1.66 bits per heavy atom. The Bertz CT molecular complexity index is 837. The topological polar surface area (TPSA) is 104 Å². The standard InChI is InChI=1S/C19H24N4O6/c1-25-14-9-12(10-15(26-2)16(14)27-3)22-19(24)23-8-5-13(11-23)29-18-17(28-4)20-6-7-21-18/h6-7,9-10,13H,5,8,11H2,1-4H3,(H,22,24). The number of benzene rings is 1. The second-order valence-electron chi connectivity index (χ2n) is 6.19. The number of likely N-dealkylation sites (tertiary alicyclic amines) is 1. The summed E-state index contributed by atoms with van der Waals surface area (Å²) in [5.41, 5.74) is 0.532. The van der Waals surface area contributed by atoms with E-state index in [0.717, 1.165) is 0 Å². The second-order valence-corrected chi connectivity index (χ2v) is 6.19.